The highest BCUT2D eigenvalue weighted by Gasteiger charge is 1.94. The molecule has 0 aliphatic heterocycles. The minimum atomic E-state index is 0.445. The van der Waals surface area contributed by atoms with E-state index in [1.807, 2.05) is 13.8 Å². The second kappa shape index (κ2) is 5.08. The van der Waals surface area contributed by atoms with E-state index in [0.29, 0.717) is 7.69 Å². The molecular formula is C5H9BFIN. The molecular weight excluding hydrogens is 231 g/mol. The quantitative estimate of drug-likeness (QED) is 0.452. The molecule has 1 nitrogen and oxygen atoms in total. The van der Waals surface area contributed by atoms with Gasteiger partial charge in [-0.2, -0.15) is 0 Å². The van der Waals surface area contributed by atoms with Gasteiger partial charge in [-0.3, -0.25) is 0 Å². The Morgan fingerprint density at radius 1 is 1.78 bits per heavy atom. The largest absolute Gasteiger partial charge is 0.488 e. The number of rotatable bonds is 3. The van der Waals surface area contributed by atoms with Gasteiger partial charge in [-0.1, -0.05) is 6.92 Å². The third-order valence-electron chi connectivity index (χ3n) is 1.09. The Labute approximate surface area is 69.5 Å². The first-order valence-corrected chi connectivity index (χ1v) is 3.84. The van der Waals surface area contributed by atoms with Gasteiger partial charge in [0.25, 0.3) is 0 Å². The molecule has 0 aromatic carbocycles. The monoisotopic (exact) mass is 240 g/mol. The van der Waals surface area contributed by atoms with E-state index in [1.54, 1.807) is 0 Å². The molecule has 4 heteroatoms. The highest BCUT2D eigenvalue weighted by Crippen LogP contribution is 2.10. The van der Waals surface area contributed by atoms with Crippen LogP contribution in [0.3, 0.4) is 0 Å². The molecule has 0 rings (SSSR count). The van der Waals surface area contributed by atoms with Gasteiger partial charge in [0.05, 0.1) is 3.70 Å². The van der Waals surface area contributed by atoms with E-state index in [4.69, 9.17) is 0 Å². The van der Waals surface area contributed by atoms with Crippen molar-refractivity contribution in [2.24, 2.45) is 0 Å². The lowest BCUT2D eigenvalue weighted by molar-refractivity contribution is 0.842. The molecule has 0 aliphatic rings. The molecule has 0 unspecified atom stereocenters. The van der Waals surface area contributed by atoms with Crippen molar-refractivity contribution in [3.05, 3.63) is 9.28 Å². The fraction of sp³-hybridized carbons (Fsp3) is 0.600. The van der Waals surface area contributed by atoms with Gasteiger partial charge < -0.3 is 9.54 Å². The second-order valence-electron chi connectivity index (χ2n) is 1.70. The summed E-state index contributed by atoms with van der Waals surface area (Å²) in [6.07, 6.45) is 0.957. The lowest BCUT2D eigenvalue weighted by Crippen LogP contribution is -2.11. The maximum Gasteiger partial charge on any atom is 0.488 e. The predicted octanol–water partition coefficient (Wildman–Crippen LogP) is 2.16. The summed E-state index contributed by atoms with van der Waals surface area (Å²) in [5.41, 5.74) is 1.17. The molecule has 0 saturated heterocycles. The molecule has 0 spiro atoms. The lowest BCUT2D eigenvalue weighted by atomic mass is 10.2. The van der Waals surface area contributed by atoms with Crippen LogP contribution in [0.1, 0.15) is 20.3 Å². The van der Waals surface area contributed by atoms with E-state index < -0.39 is 0 Å². The van der Waals surface area contributed by atoms with Crippen molar-refractivity contribution in [1.29, 1.82) is 0 Å². The molecule has 51 valence electrons. The molecule has 0 fully saturated rings. The first-order chi connectivity index (χ1) is 4.22. The highest BCUT2D eigenvalue weighted by molar-refractivity contribution is 14.1. The van der Waals surface area contributed by atoms with Gasteiger partial charge in [-0.05, 0) is 41.5 Å². The van der Waals surface area contributed by atoms with Crippen molar-refractivity contribution in [1.82, 2.24) is 5.23 Å². The average molecular weight is 240 g/mol. The van der Waals surface area contributed by atoms with Crippen molar-refractivity contribution in [2.45, 2.75) is 20.3 Å². The first-order valence-electron chi connectivity index (χ1n) is 2.76. The molecule has 1 N–H and O–H groups in total. The maximum atomic E-state index is 11.5. The summed E-state index contributed by atoms with van der Waals surface area (Å²) in [5, 5.41) is 2.47. The highest BCUT2D eigenvalue weighted by atomic mass is 127. The molecule has 0 atom stereocenters. The zero-order chi connectivity index (χ0) is 7.28. The summed E-state index contributed by atoms with van der Waals surface area (Å²) in [7, 11) is 0.445. The number of hydrogen-bond acceptors (Lipinski definition) is 1. The van der Waals surface area contributed by atoms with Crippen molar-refractivity contribution >= 4 is 30.3 Å². The Bertz CT molecular complexity index is 116. The summed E-state index contributed by atoms with van der Waals surface area (Å²) < 4.78 is 12.3. The standard InChI is InChI=1S/C5H9BFIN/c1-3-4(2)5(8)9-6-7/h9H,3H2,1-2H3/b5-4+. The third-order valence-corrected chi connectivity index (χ3v) is 2.32. The number of nitrogens with one attached hydrogen (secondary N) is 1. The second-order valence-corrected chi connectivity index (χ2v) is 2.78. The van der Waals surface area contributed by atoms with Crippen LogP contribution >= 0.6 is 22.6 Å². The maximum absolute atomic E-state index is 11.5. The van der Waals surface area contributed by atoms with E-state index in [-0.39, 0.29) is 0 Å². The number of halogens is 2. The molecule has 1 radical (unpaired) electrons. The van der Waals surface area contributed by atoms with Crippen LogP contribution in [0.4, 0.5) is 4.32 Å². The molecule has 0 saturated carbocycles. The van der Waals surface area contributed by atoms with Crippen LogP contribution in [0.2, 0.25) is 0 Å². The smallest absolute Gasteiger partial charge is 0.397 e. The average Bonchev–Trinajstić information content (AvgIpc) is 1.87. The molecule has 0 bridgehead atoms. The van der Waals surface area contributed by atoms with Gasteiger partial charge in [0.1, 0.15) is 0 Å². The van der Waals surface area contributed by atoms with E-state index >= 15 is 0 Å². The molecule has 9 heavy (non-hydrogen) atoms. The van der Waals surface area contributed by atoms with Gasteiger partial charge in [0, 0.05) is 0 Å². The molecule has 0 aromatic heterocycles. The van der Waals surface area contributed by atoms with Crippen LogP contribution in [0.15, 0.2) is 9.28 Å². The van der Waals surface area contributed by atoms with E-state index in [9.17, 15) is 4.32 Å². The van der Waals surface area contributed by atoms with E-state index in [2.05, 4.69) is 27.8 Å². The molecule has 0 aliphatic carbocycles. The Kier molecular flexibility index (Phi) is 5.23. The molecule has 0 amide bonds. The summed E-state index contributed by atoms with van der Waals surface area (Å²) in [5.74, 6) is 0. The fourth-order valence-electron chi connectivity index (χ4n) is 0.326. The Hall–Kier alpha value is 0.265. The molecule has 0 heterocycles. The SMILES string of the molecule is CC/C(C)=C(\I)N[B]F. The van der Waals surface area contributed by atoms with Crippen LogP contribution in [0.5, 0.6) is 0 Å². The van der Waals surface area contributed by atoms with Gasteiger partial charge in [-0.15, -0.1) is 0 Å². The number of allylic oxidation sites excluding steroid dienone is 1. The normalized spacial score (nSPS) is 12.4. The third kappa shape index (κ3) is 3.78. The predicted molar refractivity (Wildman–Crippen MR) is 47.0 cm³/mol. The van der Waals surface area contributed by atoms with Crippen LogP contribution in [-0.4, -0.2) is 7.69 Å². The van der Waals surface area contributed by atoms with Crippen LogP contribution in [0.25, 0.3) is 0 Å². The minimum absolute atomic E-state index is 0.445. The van der Waals surface area contributed by atoms with E-state index in [1.165, 1.54) is 5.57 Å². The van der Waals surface area contributed by atoms with Gasteiger partial charge in [-0.25, -0.2) is 0 Å². The van der Waals surface area contributed by atoms with Crippen molar-refractivity contribution < 1.29 is 4.32 Å². The fourth-order valence-corrected chi connectivity index (χ4v) is 0.825. The van der Waals surface area contributed by atoms with Crippen LogP contribution < -0.4 is 5.23 Å². The summed E-state index contributed by atoms with van der Waals surface area (Å²) in [4.78, 5) is 0. The topological polar surface area (TPSA) is 12.0 Å². The van der Waals surface area contributed by atoms with Crippen molar-refractivity contribution in [3.8, 4) is 0 Å². The summed E-state index contributed by atoms with van der Waals surface area (Å²) >= 11 is 2.06. The minimum Gasteiger partial charge on any atom is -0.397 e. The van der Waals surface area contributed by atoms with Crippen molar-refractivity contribution in [3.63, 3.8) is 0 Å². The van der Waals surface area contributed by atoms with Gasteiger partial charge in [0.2, 0.25) is 0 Å². The Balaban J connectivity index is 3.78. The molecule has 0 aromatic rings. The zero-order valence-electron chi connectivity index (χ0n) is 5.54. The zero-order valence-corrected chi connectivity index (χ0v) is 7.70. The van der Waals surface area contributed by atoms with E-state index in [0.717, 1.165) is 10.1 Å². The van der Waals surface area contributed by atoms with Gasteiger partial charge >= 0.3 is 7.69 Å². The lowest BCUT2D eigenvalue weighted by Gasteiger charge is -2.01. The summed E-state index contributed by atoms with van der Waals surface area (Å²) in [6, 6.07) is 0. The van der Waals surface area contributed by atoms with Crippen molar-refractivity contribution in [2.75, 3.05) is 0 Å². The Morgan fingerprint density at radius 2 is 2.33 bits per heavy atom. The summed E-state index contributed by atoms with van der Waals surface area (Å²) in [6.45, 7) is 4.01. The van der Waals surface area contributed by atoms with Crippen LogP contribution in [-0.2, 0) is 0 Å². The first kappa shape index (κ1) is 9.26. The van der Waals surface area contributed by atoms with Gasteiger partial charge in [0.15, 0.2) is 0 Å². The Morgan fingerprint density at radius 3 is 2.67 bits per heavy atom. The van der Waals surface area contributed by atoms with Crippen LogP contribution in [0, 0.1) is 0 Å². The number of hydrogen-bond donors (Lipinski definition) is 1.